The summed E-state index contributed by atoms with van der Waals surface area (Å²) in [5.74, 6) is 1.34. The Hall–Kier alpha value is -1.06. The van der Waals surface area contributed by atoms with Gasteiger partial charge in [0.05, 0.1) is 0 Å². The molecule has 98 valence electrons. The number of piperazine rings is 1. The van der Waals surface area contributed by atoms with Crippen molar-refractivity contribution in [3.8, 4) is 5.75 Å². The minimum absolute atomic E-state index is 0.404. The van der Waals surface area contributed by atoms with Crippen molar-refractivity contribution in [3.05, 3.63) is 29.8 Å². The van der Waals surface area contributed by atoms with E-state index in [0.717, 1.165) is 37.7 Å². The first-order valence-corrected chi connectivity index (χ1v) is 7.07. The van der Waals surface area contributed by atoms with Gasteiger partial charge in [0.15, 0.2) is 0 Å². The highest BCUT2D eigenvalue weighted by Crippen LogP contribution is 2.42. The average molecular weight is 246 g/mol. The van der Waals surface area contributed by atoms with Gasteiger partial charge in [-0.25, -0.2) is 0 Å². The highest BCUT2D eigenvalue weighted by molar-refractivity contribution is 5.34. The van der Waals surface area contributed by atoms with Gasteiger partial charge in [-0.3, -0.25) is 4.90 Å². The molecule has 1 saturated carbocycles. The predicted octanol–water partition coefficient (Wildman–Crippen LogP) is 2.14. The maximum atomic E-state index is 10.1. The molecule has 3 heteroatoms. The number of nitrogens with zero attached hydrogens (tertiary/aromatic N) is 1. The molecule has 1 aromatic rings. The van der Waals surface area contributed by atoms with Crippen LogP contribution in [0.4, 0.5) is 0 Å². The molecule has 1 aliphatic heterocycles. The number of hydrogen-bond acceptors (Lipinski definition) is 3. The van der Waals surface area contributed by atoms with E-state index in [2.05, 4.69) is 16.3 Å². The van der Waals surface area contributed by atoms with Crippen LogP contribution in [0, 0.1) is 5.92 Å². The highest BCUT2D eigenvalue weighted by Gasteiger charge is 2.31. The van der Waals surface area contributed by atoms with Crippen molar-refractivity contribution in [2.24, 2.45) is 5.92 Å². The van der Waals surface area contributed by atoms with E-state index in [1.165, 1.54) is 19.3 Å². The first-order chi connectivity index (χ1) is 8.84. The second-order valence-electron chi connectivity index (χ2n) is 5.54. The van der Waals surface area contributed by atoms with E-state index in [4.69, 9.17) is 0 Å². The average Bonchev–Trinajstić information content (AvgIpc) is 3.22. The molecule has 2 fully saturated rings. The molecule has 0 unspecified atom stereocenters. The van der Waals surface area contributed by atoms with Gasteiger partial charge in [0, 0.05) is 37.8 Å². The molecule has 0 radical (unpaired) electrons. The van der Waals surface area contributed by atoms with E-state index in [1.807, 2.05) is 18.2 Å². The second kappa shape index (κ2) is 5.29. The van der Waals surface area contributed by atoms with E-state index < -0.39 is 0 Å². The van der Waals surface area contributed by atoms with Crippen LogP contribution in [0.5, 0.6) is 5.75 Å². The fourth-order valence-electron chi connectivity index (χ4n) is 2.91. The van der Waals surface area contributed by atoms with E-state index in [1.54, 1.807) is 0 Å². The van der Waals surface area contributed by atoms with Crippen molar-refractivity contribution in [2.45, 2.75) is 25.3 Å². The normalized spacial score (nSPS) is 22.9. The molecule has 1 saturated heterocycles. The lowest BCUT2D eigenvalue weighted by Crippen LogP contribution is -2.45. The van der Waals surface area contributed by atoms with Crippen LogP contribution < -0.4 is 5.32 Å². The Morgan fingerprint density at radius 1 is 1.22 bits per heavy atom. The number of aromatic hydroxyl groups is 1. The van der Waals surface area contributed by atoms with Crippen molar-refractivity contribution in [2.75, 3.05) is 26.2 Å². The summed E-state index contributed by atoms with van der Waals surface area (Å²) in [6.45, 7) is 4.31. The third-order valence-corrected chi connectivity index (χ3v) is 4.14. The number of hydrogen-bond donors (Lipinski definition) is 2. The van der Waals surface area contributed by atoms with Crippen LogP contribution >= 0.6 is 0 Å². The molecule has 1 aromatic carbocycles. The largest absolute Gasteiger partial charge is 0.508 e. The van der Waals surface area contributed by atoms with Crippen LogP contribution in [0.25, 0.3) is 0 Å². The summed E-state index contributed by atoms with van der Waals surface area (Å²) >= 11 is 0. The topological polar surface area (TPSA) is 35.5 Å². The monoisotopic (exact) mass is 246 g/mol. The van der Waals surface area contributed by atoms with Crippen molar-refractivity contribution in [1.82, 2.24) is 10.2 Å². The van der Waals surface area contributed by atoms with Crippen molar-refractivity contribution in [1.29, 1.82) is 0 Å². The lowest BCUT2D eigenvalue weighted by Gasteiger charge is -2.35. The van der Waals surface area contributed by atoms with Gasteiger partial charge >= 0.3 is 0 Å². The first-order valence-electron chi connectivity index (χ1n) is 7.07. The Morgan fingerprint density at radius 2 is 1.94 bits per heavy atom. The van der Waals surface area contributed by atoms with E-state index >= 15 is 0 Å². The maximum absolute atomic E-state index is 10.1. The molecule has 18 heavy (non-hydrogen) atoms. The lowest BCUT2D eigenvalue weighted by molar-refractivity contribution is 0.158. The summed E-state index contributed by atoms with van der Waals surface area (Å²) in [4.78, 5) is 2.53. The molecule has 0 spiro atoms. The fraction of sp³-hybridized carbons (Fsp3) is 0.600. The SMILES string of the molecule is Oc1ccccc1[C@H](CC1CC1)N1CCNCC1. The molecule has 0 aromatic heterocycles. The molecule has 0 amide bonds. The summed E-state index contributed by atoms with van der Waals surface area (Å²) < 4.78 is 0. The Bertz CT molecular complexity index is 397. The van der Waals surface area contributed by atoms with Gasteiger partial charge < -0.3 is 10.4 Å². The number of phenols is 1. The van der Waals surface area contributed by atoms with Gasteiger partial charge in [-0.1, -0.05) is 31.0 Å². The third kappa shape index (κ3) is 2.68. The molecule has 2 aliphatic rings. The summed E-state index contributed by atoms with van der Waals surface area (Å²) in [7, 11) is 0. The van der Waals surface area contributed by atoms with Crippen LogP contribution in [-0.4, -0.2) is 36.2 Å². The first kappa shape index (κ1) is 12.0. The maximum Gasteiger partial charge on any atom is 0.120 e. The molecule has 3 nitrogen and oxygen atoms in total. The number of rotatable bonds is 4. The summed E-state index contributed by atoms with van der Waals surface area (Å²) in [5, 5.41) is 13.5. The molecule has 3 rings (SSSR count). The quantitative estimate of drug-likeness (QED) is 0.854. The van der Waals surface area contributed by atoms with E-state index in [-0.39, 0.29) is 0 Å². The van der Waals surface area contributed by atoms with E-state index in [0.29, 0.717) is 11.8 Å². The zero-order chi connectivity index (χ0) is 12.4. The molecule has 1 heterocycles. The number of nitrogens with one attached hydrogen (secondary N) is 1. The summed E-state index contributed by atoms with van der Waals surface area (Å²) in [6, 6.07) is 8.25. The zero-order valence-corrected chi connectivity index (χ0v) is 10.8. The molecular weight excluding hydrogens is 224 g/mol. The molecule has 0 bridgehead atoms. The standard InChI is InChI=1S/C15H22N2O/c18-15-4-2-1-3-13(15)14(11-12-5-6-12)17-9-7-16-8-10-17/h1-4,12,14,16,18H,5-11H2/t14-/m0/s1. The minimum Gasteiger partial charge on any atom is -0.508 e. The second-order valence-corrected chi connectivity index (χ2v) is 5.54. The lowest BCUT2D eigenvalue weighted by atomic mass is 9.98. The zero-order valence-electron chi connectivity index (χ0n) is 10.8. The smallest absolute Gasteiger partial charge is 0.120 e. The van der Waals surface area contributed by atoms with Gasteiger partial charge in [0.2, 0.25) is 0 Å². The van der Waals surface area contributed by atoms with Crippen LogP contribution in [0.1, 0.15) is 30.9 Å². The number of phenolic OH excluding ortho intramolecular Hbond substituents is 1. The summed E-state index contributed by atoms with van der Waals surface area (Å²) in [6.07, 6.45) is 3.95. The Morgan fingerprint density at radius 3 is 2.61 bits per heavy atom. The van der Waals surface area contributed by atoms with Gasteiger partial charge in [-0.15, -0.1) is 0 Å². The van der Waals surface area contributed by atoms with Crippen molar-refractivity contribution >= 4 is 0 Å². The van der Waals surface area contributed by atoms with Crippen LogP contribution in [0.15, 0.2) is 24.3 Å². The molecular formula is C15H22N2O. The fourth-order valence-corrected chi connectivity index (χ4v) is 2.91. The molecule has 2 N–H and O–H groups in total. The molecule has 1 aliphatic carbocycles. The molecule has 1 atom stereocenters. The van der Waals surface area contributed by atoms with Crippen LogP contribution in [0.2, 0.25) is 0 Å². The number of para-hydroxylation sites is 1. The van der Waals surface area contributed by atoms with E-state index in [9.17, 15) is 5.11 Å². The van der Waals surface area contributed by atoms with Gasteiger partial charge in [0.1, 0.15) is 5.75 Å². The van der Waals surface area contributed by atoms with Crippen molar-refractivity contribution < 1.29 is 5.11 Å². The van der Waals surface area contributed by atoms with Crippen molar-refractivity contribution in [3.63, 3.8) is 0 Å². The Balaban J connectivity index is 1.81. The van der Waals surface area contributed by atoms with Crippen LogP contribution in [-0.2, 0) is 0 Å². The Kier molecular flexibility index (Phi) is 3.52. The third-order valence-electron chi connectivity index (χ3n) is 4.14. The highest BCUT2D eigenvalue weighted by atomic mass is 16.3. The minimum atomic E-state index is 0.404. The van der Waals surface area contributed by atoms with Crippen LogP contribution in [0.3, 0.4) is 0 Å². The summed E-state index contributed by atoms with van der Waals surface area (Å²) in [5.41, 5.74) is 1.12. The van der Waals surface area contributed by atoms with Gasteiger partial charge in [-0.2, -0.15) is 0 Å². The Labute approximate surface area is 109 Å². The number of benzene rings is 1. The van der Waals surface area contributed by atoms with Gasteiger partial charge in [-0.05, 0) is 18.4 Å². The van der Waals surface area contributed by atoms with Gasteiger partial charge in [0.25, 0.3) is 0 Å². The predicted molar refractivity (Wildman–Crippen MR) is 72.6 cm³/mol.